The lowest BCUT2D eigenvalue weighted by Crippen LogP contribution is -2.11. The van der Waals surface area contributed by atoms with Crippen molar-refractivity contribution >= 4 is 0 Å². The first-order valence-electron chi connectivity index (χ1n) is 4.72. The predicted molar refractivity (Wildman–Crippen MR) is 48.4 cm³/mol. The van der Waals surface area contributed by atoms with Gasteiger partial charge in [-0.2, -0.15) is 0 Å². The molecular weight excluding hydrogens is 139 g/mol. The minimum Gasteiger partial charge on any atom is -0.248 e. The van der Waals surface area contributed by atoms with E-state index in [4.69, 9.17) is 0 Å². The van der Waals surface area contributed by atoms with Gasteiger partial charge in [0.1, 0.15) is 0 Å². The van der Waals surface area contributed by atoms with E-state index >= 15 is 0 Å². The molecular formula is C10H21F. The highest BCUT2D eigenvalue weighted by Gasteiger charge is 2.13. The summed E-state index contributed by atoms with van der Waals surface area (Å²) in [4.78, 5) is 0. The van der Waals surface area contributed by atoms with Crippen LogP contribution in [-0.2, 0) is 0 Å². The average Bonchev–Trinajstić information content (AvgIpc) is 1.86. The van der Waals surface area contributed by atoms with E-state index in [0.717, 1.165) is 6.42 Å². The van der Waals surface area contributed by atoms with Crippen LogP contribution in [0.3, 0.4) is 0 Å². The predicted octanol–water partition coefficient (Wildman–Crippen LogP) is 3.81. The fraction of sp³-hybridized carbons (Fsp3) is 1.00. The minimum absolute atomic E-state index is 0.537. The zero-order valence-electron chi connectivity index (χ0n) is 8.23. The normalized spacial score (nSPS) is 19.4. The van der Waals surface area contributed by atoms with Crippen LogP contribution in [-0.4, -0.2) is 6.17 Å². The van der Waals surface area contributed by atoms with Gasteiger partial charge in [0.05, 0.1) is 6.17 Å². The first-order chi connectivity index (χ1) is 5.07. The summed E-state index contributed by atoms with van der Waals surface area (Å²) >= 11 is 0. The zero-order chi connectivity index (χ0) is 8.85. The molecule has 0 aromatic rings. The molecule has 0 saturated heterocycles. The van der Waals surface area contributed by atoms with Crippen molar-refractivity contribution in [1.82, 2.24) is 0 Å². The van der Waals surface area contributed by atoms with E-state index in [1.807, 2.05) is 0 Å². The van der Waals surface area contributed by atoms with Gasteiger partial charge >= 0.3 is 0 Å². The van der Waals surface area contributed by atoms with Crippen LogP contribution in [0.15, 0.2) is 0 Å². The third-order valence-corrected chi connectivity index (χ3v) is 2.41. The van der Waals surface area contributed by atoms with Gasteiger partial charge in [-0.15, -0.1) is 0 Å². The van der Waals surface area contributed by atoms with Crippen LogP contribution < -0.4 is 0 Å². The van der Waals surface area contributed by atoms with Gasteiger partial charge in [0.2, 0.25) is 0 Å². The summed E-state index contributed by atoms with van der Waals surface area (Å²) in [5.41, 5.74) is 0. The Labute approximate surface area is 70.2 Å². The van der Waals surface area contributed by atoms with Gasteiger partial charge in [0.15, 0.2) is 0 Å². The number of halogens is 1. The molecule has 0 aliphatic carbocycles. The fourth-order valence-electron chi connectivity index (χ4n) is 1.48. The smallest absolute Gasteiger partial charge is 0.0976 e. The molecule has 68 valence electrons. The lowest BCUT2D eigenvalue weighted by Gasteiger charge is -2.19. The van der Waals surface area contributed by atoms with Gasteiger partial charge in [0.25, 0.3) is 0 Å². The Balaban J connectivity index is 3.54. The van der Waals surface area contributed by atoms with Crippen LogP contribution in [0.5, 0.6) is 0 Å². The molecule has 11 heavy (non-hydrogen) atoms. The van der Waals surface area contributed by atoms with E-state index in [2.05, 4.69) is 20.8 Å². The molecule has 0 rings (SSSR count). The lowest BCUT2D eigenvalue weighted by atomic mass is 9.88. The fourth-order valence-corrected chi connectivity index (χ4v) is 1.48. The van der Waals surface area contributed by atoms with Crippen molar-refractivity contribution in [3.8, 4) is 0 Å². The number of rotatable bonds is 5. The van der Waals surface area contributed by atoms with Gasteiger partial charge in [-0.25, -0.2) is 4.39 Å². The maximum Gasteiger partial charge on any atom is 0.0976 e. The highest BCUT2D eigenvalue weighted by atomic mass is 19.1. The van der Waals surface area contributed by atoms with Gasteiger partial charge in [-0.05, 0) is 25.2 Å². The average molecular weight is 160 g/mol. The summed E-state index contributed by atoms with van der Waals surface area (Å²) in [7, 11) is 0. The third kappa shape index (κ3) is 5.23. The molecule has 0 bridgehead atoms. The van der Waals surface area contributed by atoms with E-state index in [0.29, 0.717) is 11.8 Å². The number of alkyl halides is 1. The maximum absolute atomic E-state index is 12.6. The quantitative estimate of drug-likeness (QED) is 0.573. The van der Waals surface area contributed by atoms with Gasteiger partial charge in [-0.3, -0.25) is 0 Å². The largest absolute Gasteiger partial charge is 0.248 e. The standard InChI is InChI=1S/C10H21F/c1-5-6-8(2)9(3)7-10(4)11/h8-10H,5-7H2,1-4H3. The number of hydrogen-bond donors (Lipinski definition) is 0. The summed E-state index contributed by atoms with van der Waals surface area (Å²) in [5.74, 6) is 1.22. The molecule has 0 heterocycles. The first-order valence-corrected chi connectivity index (χ1v) is 4.72. The van der Waals surface area contributed by atoms with Crippen LogP contribution in [0, 0.1) is 11.8 Å². The Morgan fingerprint density at radius 1 is 1.09 bits per heavy atom. The topological polar surface area (TPSA) is 0 Å². The Hall–Kier alpha value is -0.0700. The van der Waals surface area contributed by atoms with Crippen molar-refractivity contribution in [2.45, 2.75) is 53.1 Å². The highest BCUT2D eigenvalue weighted by Crippen LogP contribution is 2.21. The van der Waals surface area contributed by atoms with Crippen LogP contribution in [0.25, 0.3) is 0 Å². The summed E-state index contributed by atoms with van der Waals surface area (Å²) in [5, 5.41) is 0. The molecule has 3 atom stereocenters. The molecule has 0 spiro atoms. The van der Waals surface area contributed by atoms with Crippen molar-refractivity contribution in [3.63, 3.8) is 0 Å². The molecule has 3 unspecified atom stereocenters. The Morgan fingerprint density at radius 3 is 2.00 bits per heavy atom. The zero-order valence-corrected chi connectivity index (χ0v) is 8.23. The molecule has 0 saturated carbocycles. The Bertz CT molecular complexity index is 88.9. The summed E-state index contributed by atoms with van der Waals surface area (Å²) in [6.07, 6.45) is 2.53. The van der Waals surface area contributed by atoms with Crippen LogP contribution in [0.1, 0.15) is 47.0 Å². The van der Waals surface area contributed by atoms with E-state index in [-0.39, 0.29) is 0 Å². The Kier molecular flexibility index (Phi) is 5.53. The van der Waals surface area contributed by atoms with Gasteiger partial charge < -0.3 is 0 Å². The van der Waals surface area contributed by atoms with Crippen molar-refractivity contribution in [2.24, 2.45) is 11.8 Å². The summed E-state index contributed by atoms with van der Waals surface area (Å²) < 4.78 is 12.6. The van der Waals surface area contributed by atoms with Crippen LogP contribution in [0.4, 0.5) is 4.39 Å². The van der Waals surface area contributed by atoms with E-state index < -0.39 is 6.17 Å². The van der Waals surface area contributed by atoms with E-state index in [1.54, 1.807) is 6.92 Å². The molecule has 0 nitrogen and oxygen atoms in total. The van der Waals surface area contributed by atoms with Crippen molar-refractivity contribution < 1.29 is 4.39 Å². The molecule has 0 aromatic carbocycles. The molecule has 0 N–H and O–H groups in total. The maximum atomic E-state index is 12.6. The molecule has 0 amide bonds. The third-order valence-electron chi connectivity index (χ3n) is 2.41. The monoisotopic (exact) mass is 160 g/mol. The Morgan fingerprint density at radius 2 is 1.64 bits per heavy atom. The molecule has 0 fully saturated rings. The number of hydrogen-bond acceptors (Lipinski definition) is 0. The van der Waals surface area contributed by atoms with Crippen molar-refractivity contribution in [1.29, 1.82) is 0 Å². The van der Waals surface area contributed by atoms with E-state index in [1.165, 1.54) is 12.8 Å². The second kappa shape index (κ2) is 5.56. The summed E-state index contributed by atoms with van der Waals surface area (Å²) in [6, 6.07) is 0. The van der Waals surface area contributed by atoms with Gasteiger partial charge in [0, 0.05) is 0 Å². The molecule has 0 aliphatic rings. The molecule has 0 aromatic heterocycles. The van der Waals surface area contributed by atoms with E-state index in [9.17, 15) is 4.39 Å². The van der Waals surface area contributed by atoms with Gasteiger partial charge in [-0.1, -0.05) is 33.6 Å². The molecule has 0 aliphatic heterocycles. The molecule has 1 heteroatoms. The first kappa shape index (κ1) is 10.9. The molecule has 0 radical (unpaired) electrons. The van der Waals surface area contributed by atoms with Crippen molar-refractivity contribution in [3.05, 3.63) is 0 Å². The lowest BCUT2D eigenvalue weighted by molar-refractivity contribution is 0.245. The highest BCUT2D eigenvalue weighted by molar-refractivity contribution is 4.64. The SMILES string of the molecule is CCCC(C)C(C)CC(C)F. The van der Waals surface area contributed by atoms with Crippen LogP contribution >= 0.6 is 0 Å². The van der Waals surface area contributed by atoms with Crippen molar-refractivity contribution in [2.75, 3.05) is 0 Å². The second-order valence-corrected chi connectivity index (χ2v) is 3.76. The second-order valence-electron chi connectivity index (χ2n) is 3.76. The summed E-state index contributed by atoms with van der Waals surface area (Å²) in [6.45, 7) is 8.20. The minimum atomic E-state index is -0.635. The van der Waals surface area contributed by atoms with Crippen LogP contribution in [0.2, 0.25) is 0 Å².